The number of aryl methyl sites for hydroxylation is 1. The molecule has 1 rings (SSSR count). The first-order valence-corrected chi connectivity index (χ1v) is 5.00. The molecule has 0 saturated carbocycles. The molecule has 0 atom stereocenters. The second-order valence-corrected chi connectivity index (χ2v) is 3.67. The highest BCUT2D eigenvalue weighted by Gasteiger charge is 2.06. The molecule has 1 heterocycles. The second-order valence-electron chi connectivity index (χ2n) is 2.87. The van der Waals surface area contributed by atoms with Gasteiger partial charge in [0.15, 0.2) is 0 Å². The highest BCUT2D eigenvalue weighted by molar-refractivity contribution is 9.10. The van der Waals surface area contributed by atoms with Crippen molar-refractivity contribution in [3.63, 3.8) is 0 Å². The zero-order valence-corrected chi connectivity index (χ0v) is 9.50. The molecule has 1 aromatic heterocycles. The Balaban J connectivity index is 2.78. The van der Waals surface area contributed by atoms with Crippen LogP contribution >= 0.6 is 15.9 Å². The van der Waals surface area contributed by atoms with Crippen molar-refractivity contribution in [2.24, 2.45) is 5.73 Å². The maximum atomic E-state index is 5.34. The van der Waals surface area contributed by atoms with Crippen molar-refractivity contribution in [3.8, 4) is 0 Å². The van der Waals surface area contributed by atoms with Crippen LogP contribution in [0.4, 0.5) is 0 Å². The first-order chi connectivity index (χ1) is 6.16. The van der Waals surface area contributed by atoms with Crippen LogP contribution < -0.4 is 5.73 Å². The lowest BCUT2D eigenvalue weighted by atomic mass is 10.4. The summed E-state index contributed by atoms with van der Waals surface area (Å²) in [7, 11) is 0. The summed E-state index contributed by atoms with van der Waals surface area (Å²) in [5.74, 6) is 0. The van der Waals surface area contributed by atoms with Gasteiger partial charge < -0.3 is 5.73 Å². The van der Waals surface area contributed by atoms with Gasteiger partial charge >= 0.3 is 0 Å². The van der Waals surface area contributed by atoms with E-state index in [1.165, 1.54) is 0 Å². The van der Waals surface area contributed by atoms with Gasteiger partial charge in [-0.25, -0.2) is 0 Å². The standard InChI is InChI=1S/C9H14BrN3/c1-7-9(10)8(2)13(12-7)6-4-3-5-11/h3-4H,5-6,11H2,1-2H3. The van der Waals surface area contributed by atoms with E-state index in [4.69, 9.17) is 5.73 Å². The molecule has 0 unspecified atom stereocenters. The summed E-state index contributed by atoms with van der Waals surface area (Å²) >= 11 is 3.48. The van der Waals surface area contributed by atoms with Gasteiger partial charge in [0.25, 0.3) is 0 Å². The lowest BCUT2D eigenvalue weighted by molar-refractivity contribution is 0.671. The van der Waals surface area contributed by atoms with E-state index in [1.807, 2.05) is 30.7 Å². The zero-order chi connectivity index (χ0) is 9.84. The predicted molar refractivity (Wildman–Crippen MR) is 57.6 cm³/mol. The number of aromatic nitrogens is 2. The van der Waals surface area contributed by atoms with Crippen molar-refractivity contribution in [2.75, 3.05) is 6.54 Å². The Kier molecular flexibility index (Phi) is 3.69. The van der Waals surface area contributed by atoms with Crippen molar-refractivity contribution in [1.29, 1.82) is 0 Å². The Morgan fingerprint density at radius 3 is 2.62 bits per heavy atom. The van der Waals surface area contributed by atoms with Gasteiger partial charge in [-0.3, -0.25) is 4.68 Å². The molecule has 0 aliphatic heterocycles. The van der Waals surface area contributed by atoms with Crippen molar-refractivity contribution in [2.45, 2.75) is 20.4 Å². The Morgan fingerprint density at radius 2 is 2.15 bits per heavy atom. The van der Waals surface area contributed by atoms with E-state index in [-0.39, 0.29) is 0 Å². The molecule has 0 aliphatic rings. The van der Waals surface area contributed by atoms with Crippen LogP contribution in [0.25, 0.3) is 0 Å². The molecule has 4 heteroatoms. The van der Waals surface area contributed by atoms with E-state index in [0.29, 0.717) is 6.54 Å². The smallest absolute Gasteiger partial charge is 0.0738 e. The molecule has 13 heavy (non-hydrogen) atoms. The number of hydrogen-bond acceptors (Lipinski definition) is 2. The number of halogens is 1. The van der Waals surface area contributed by atoms with Crippen LogP contribution in [0.5, 0.6) is 0 Å². The van der Waals surface area contributed by atoms with Gasteiger partial charge in [-0.1, -0.05) is 12.2 Å². The first kappa shape index (κ1) is 10.5. The van der Waals surface area contributed by atoms with Crippen molar-refractivity contribution in [3.05, 3.63) is 28.0 Å². The van der Waals surface area contributed by atoms with E-state index in [2.05, 4.69) is 21.0 Å². The maximum absolute atomic E-state index is 5.34. The quantitative estimate of drug-likeness (QED) is 0.823. The molecule has 0 amide bonds. The van der Waals surface area contributed by atoms with Crippen molar-refractivity contribution >= 4 is 15.9 Å². The van der Waals surface area contributed by atoms with E-state index >= 15 is 0 Å². The van der Waals surface area contributed by atoms with E-state index in [9.17, 15) is 0 Å². The Labute approximate surface area is 86.7 Å². The van der Waals surface area contributed by atoms with E-state index in [1.54, 1.807) is 0 Å². The van der Waals surface area contributed by atoms with Gasteiger partial charge in [-0.15, -0.1) is 0 Å². The van der Waals surface area contributed by atoms with Crippen LogP contribution in [0.3, 0.4) is 0 Å². The number of nitrogens with zero attached hydrogens (tertiary/aromatic N) is 2. The topological polar surface area (TPSA) is 43.8 Å². The lowest BCUT2D eigenvalue weighted by Crippen LogP contribution is -2.01. The number of allylic oxidation sites excluding steroid dienone is 1. The number of rotatable bonds is 3. The molecule has 0 radical (unpaired) electrons. The fourth-order valence-corrected chi connectivity index (χ4v) is 1.41. The Hall–Kier alpha value is -0.610. The molecule has 0 bridgehead atoms. The van der Waals surface area contributed by atoms with Crippen LogP contribution in [0, 0.1) is 13.8 Å². The summed E-state index contributed by atoms with van der Waals surface area (Å²) in [6.07, 6.45) is 3.95. The second kappa shape index (κ2) is 4.58. The molecule has 3 nitrogen and oxygen atoms in total. The molecule has 0 aromatic carbocycles. The summed E-state index contributed by atoms with van der Waals surface area (Å²) in [6.45, 7) is 5.40. The molecule has 72 valence electrons. The molecule has 0 saturated heterocycles. The highest BCUT2D eigenvalue weighted by atomic mass is 79.9. The van der Waals surface area contributed by atoms with Gasteiger partial charge in [0.2, 0.25) is 0 Å². The van der Waals surface area contributed by atoms with Crippen LogP contribution in [-0.2, 0) is 6.54 Å². The lowest BCUT2D eigenvalue weighted by Gasteiger charge is -1.98. The Morgan fingerprint density at radius 1 is 1.46 bits per heavy atom. The molecular formula is C9H14BrN3. The maximum Gasteiger partial charge on any atom is 0.0738 e. The minimum atomic E-state index is 0.584. The molecule has 1 aromatic rings. The SMILES string of the molecule is Cc1nn(CC=CCN)c(C)c1Br. The van der Waals surface area contributed by atoms with Crippen LogP contribution in [-0.4, -0.2) is 16.3 Å². The van der Waals surface area contributed by atoms with Gasteiger partial charge in [0.1, 0.15) is 0 Å². The van der Waals surface area contributed by atoms with E-state index < -0.39 is 0 Å². The molecule has 2 N–H and O–H groups in total. The predicted octanol–water partition coefficient (Wildman–Crippen LogP) is 1.78. The van der Waals surface area contributed by atoms with Gasteiger partial charge in [0.05, 0.1) is 22.4 Å². The molecule has 0 aliphatic carbocycles. The minimum Gasteiger partial charge on any atom is -0.327 e. The van der Waals surface area contributed by atoms with Crippen LogP contribution in [0.1, 0.15) is 11.4 Å². The number of hydrogen-bond donors (Lipinski definition) is 1. The third-order valence-corrected chi connectivity index (χ3v) is 3.02. The molecule has 0 spiro atoms. The molecule has 0 fully saturated rings. The third-order valence-electron chi connectivity index (χ3n) is 1.87. The monoisotopic (exact) mass is 243 g/mol. The van der Waals surface area contributed by atoms with Gasteiger partial charge in [0, 0.05) is 6.54 Å². The summed E-state index contributed by atoms with van der Waals surface area (Å²) in [4.78, 5) is 0. The molecular weight excluding hydrogens is 230 g/mol. The van der Waals surface area contributed by atoms with Crippen LogP contribution in [0.2, 0.25) is 0 Å². The largest absolute Gasteiger partial charge is 0.327 e. The fraction of sp³-hybridized carbons (Fsp3) is 0.444. The van der Waals surface area contributed by atoms with Crippen molar-refractivity contribution in [1.82, 2.24) is 9.78 Å². The third kappa shape index (κ3) is 2.42. The van der Waals surface area contributed by atoms with Crippen LogP contribution in [0.15, 0.2) is 16.6 Å². The fourth-order valence-electron chi connectivity index (χ4n) is 1.12. The highest BCUT2D eigenvalue weighted by Crippen LogP contribution is 2.19. The summed E-state index contributed by atoms with van der Waals surface area (Å²) in [6, 6.07) is 0. The van der Waals surface area contributed by atoms with Gasteiger partial charge in [-0.2, -0.15) is 5.10 Å². The average Bonchev–Trinajstić information content (AvgIpc) is 2.34. The Bertz CT molecular complexity index is 315. The minimum absolute atomic E-state index is 0.584. The van der Waals surface area contributed by atoms with E-state index in [0.717, 1.165) is 22.4 Å². The van der Waals surface area contributed by atoms with Gasteiger partial charge in [-0.05, 0) is 29.8 Å². The summed E-state index contributed by atoms with van der Waals surface area (Å²) in [5, 5.41) is 4.36. The van der Waals surface area contributed by atoms with Crippen molar-refractivity contribution < 1.29 is 0 Å². The number of nitrogens with two attached hydrogens (primary N) is 1. The zero-order valence-electron chi connectivity index (χ0n) is 7.92. The average molecular weight is 244 g/mol. The first-order valence-electron chi connectivity index (χ1n) is 4.21. The summed E-state index contributed by atoms with van der Waals surface area (Å²) < 4.78 is 3.04. The normalized spacial score (nSPS) is 11.4. The summed E-state index contributed by atoms with van der Waals surface area (Å²) in [5.41, 5.74) is 7.52.